The molecule has 0 amide bonds. The maximum Gasteiger partial charge on any atom is 0.175 e. The first-order valence-corrected chi connectivity index (χ1v) is 9.08. The van der Waals surface area contributed by atoms with Crippen LogP contribution in [0.25, 0.3) is 0 Å². The van der Waals surface area contributed by atoms with Gasteiger partial charge >= 0.3 is 0 Å². The molecule has 0 aliphatic carbocycles. The molecule has 0 radical (unpaired) electrons. The summed E-state index contributed by atoms with van der Waals surface area (Å²) in [5.74, 6) is 0. The molecule has 1 unspecified atom stereocenters. The molecule has 116 valence electrons. The fourth-order valence-corrected chi connectivity index (χ4v) is 3.01. The SMILES string of the molecule is C=CCNC(c1ccc(Cl)cc1)c1cccc(S(C)(=O)=O)c1. The van der Waals surface area contributed by atoms with E-state index in [0.717, 1.165) is 11.1 Å². The molecule has 2 aromatic rings. The van der Waals surface area contributed by atoms with Gasteiger partial charge in [-0.25, -0.2) is 8.42 Å². The molecule has 3 nitrogen and oxygen atoms in total. The molecule has 0 aliphatic rings. The van der Waals surface area contributed by atoms with Crippen LogP contribution in [0.2, 0.25) is 5.02 Å². The first-order chi connectivity index (χ1) is 10.4. The molecule has 5 heteroatoms. The lowest BCUT2D eigenvalue weighted by Crippen LogP contribution is -2.22. The summed E-state index contributed by atoms with van der Waals surface area (Å²) in [5, 5.41) is 4.01. The molecule has 22 heavy (non-hydrogen) atoms. The monoisotopic (exact) mass is 335 g/mol. The maximum atomic E-state index is 11.7. The van der Waals surface area contributed by atoms with Gasteiger partial charge in [0.15, 0.2) is 9.84 Å². The molecule has 0 aromatic heterocycles. The third-order valence-electron chi connectivity index (χ3n) is 3.29. The van der Waals surface area contributed by atoms with Crippen molar-refractivity contribution in [2.24, 2.45) is 0 Å². The molecule has 0 saturated carbocycles. The summed E-state index contributed by atoms with van der Waals surface area (Å²) in [6.45, 7) is 4.32. The highest BCUT2D eigenvalue weighted by Gasteiger charge is 2.15. The minimum absolute atomic E-state index is 0.128. The van der Waals surface area contributed by atoms with Gasteiger partial charge in [-0.15, -0.1) is 6.58 Å². The highest BCUT2D eigenvalue weighted by Crippen LogP contribution is 2.25. The summed E-state index contributed by atoms with van der Waals surface area (Å²) in [4.78, 5) is 0.310. The van der Waals surface area contributed by atoms with Crippen LogP contribution >= 0.6 is 11.6 Å². The number of nitrogens with one attached hydrogen (secondary N) is 1. The molecular formula is C17H18ClNO2S. The van der Waals surface area contributed by atoms with E-state index >= 15 is 0 Å². The van der Waals surface area contributed by atoms with Crippen LogP contribution in [0.4, 0.5) is 0 Å². The Morgan fingerprint density at radius 2 is 1.86 bits per heavy atom. The van der Waals surface area contributed by atoms with Gasteiger partial charge in [0.2, 0.25) is 0 Å². The number of sulfone groups is 1. The number of benzene rings is 2. The Morgan fingerprint density at radius 1 is 1.18 bits per heavy atom. The Hall–Kier alpha value is -1.62. The van der Waals surface area contributed by atoms with Crippen molar-refractivity contribution in [2.45, 2.75) is 10.9 Å². The molecule has 0 heterocycles. The van der Waals surface area contributed by atoms with E-state index in [0.29, 0.717) is 16.5 Å². The van der Waals surface area contributed by atoms with Crippen LogP contribution in [0.1, 0.15) is 17.2 Å². The van der Waals surface area contributed by atoms with Crippen LogP contribution in [-0.4, -0.2) is 21.2 Å². The van der Waals surface area contributed by atoms with Gasteiger partial charge in [-0.1, -0.05) is 41.9 Å². The topological polar surface area (TPSA) is 46.2 Å². The number of hydrogen-bond acceptors (Lipinski definition) is 3. The minimum atomic E-state index is -3.24. The van der Waals surface area contributed by atoms with Crippen molar-refractivity contribution < 1.29 is 8.42 Å². The molecule has 1 atom stereocenters. The van der Waals surface area contributed by atoms with Gasteiger partial charge in [0.25, 0.3) is 0 Å². The standard InChI is InChI=1S/C17H18ClNO2S/c1-3-11-19-17(13-7-9-15(18)10-8-13)14-5-4-6-16(12-14)22(2,20)21/h3-10,12,17,19H,1,11H2,2H3. The lowest BCUT2D eigenvalue weighted by atomic mass is 9.99. The normalized spacial score (nSPS) is 12.8. The predicted molar refractivity (Wildman–Crippen MR) is 91.0 cm³/mol. The Balaban J connectivity index is 2.45. The van der Waals surface area contributed by atoms with E-state index in [1.807, 2.05) is 30.3 Å². The number of rotatable bonds is 6. The van der Waals surface area contributed by atoms with Gasteiger partial charge in [0.1, 0.15) is 0 Å². The summed E-state index contributed by atoms with van der Waals surface area (Å²) >= 11 is 5.94. The second-order valence-corrected chi connectivity index (χ2v) is 7.48. The molecule has 0 fully saturated rings. The lowest BCUT2D eigenvalue weighted by molar-refractivity contribution is 0.601. The van der Waals surface area contributed by atoms with Crippen LogP contribution < -0.4 is 5.32 Å². The van der Waals surface area contributed by atoms with Gasteiger partial charge < -0.3 is 5.32 Å². The van der Waals surface area contributed by atoms with Crippen molar-refractivity contribution in [1.82, 2.24) is 5.32 Å². The van der Waals surface area contributed by atoms with E-state index < -0.39 is 9.84 Å². The predicted octanol–water partition coefficient (Wildman–Crippen LogP) is 3.61. The van der Waals surface area contributed by atoms with Gasteiger partial charge in [-0.05, 0) is 35.4 Å². The highest BCUT2D eigenvalue weighted by atomic mass is 35.5. The van der Waals surface area contributed by atoms with Gasteiger partial charge in [0, 0.05) is 17.8 Å². The summed E-state index contributed by atoms with van der Waals surface area (Å²) in [5.41, 5.74) is 1.89. The number of halogens is 1. The van der Waals surface area contributed by atoms with Crippen molar-refractivity contribution in [3.8, 4) is 0 Å². The third kappa shape index (κ3) is 4.19. The van der Waals surface area contributed by atoms with E-state index in [-0.39, 0.29) is 6.04 Å². The molecule has 2 aromatic carbocycles. The molecule has 2 rings (SSSR count). The average molecular weight is 336 g/mol. The smallest absolute Gasteiger partial charge is 0.175 e. The quantitative estimate of drug-likeness (QED) is 0.820. The molecule has 1 N–H and O–H groups in total. The van der Waals surface area contributed by atoms with E-state index in [9.17, 15) is 8.42 Å². The Kier molecular flexibility index (Phi) is 5.40. The minimum Gasteiger partial charge on any atom is -0.303 e. The molecule has 0 saturated heterocycles. The van der Waals surface area contributed by atoms with Crippen LogP contribution in [0.5, 0.6) is 0 Å². The fraction of sp³-hybridized carbons (Fsp3) is 0.176. The largest absolute Gasteiger partial charge is 0.303 e. The zero-order valence-corrected chi connectivity index (χ0v) is 13.9. The zero-order chi connectivity index (χ0) is 16.2. The van der Waals surface area contributed by atoms with Crippen molar-refractivity contribution in [3.63, 3.8) is 0 Å². The Bertz CT molecular complexity index is 754. The van der Waals surface area contributed by atoms with Crippen molar-refractivity contribution in [1.29, 1.82) is 0 Å². The Labute approximate surface area is 136 Å². The van der Waals surface area contributed by atoms with Crippen LogP contribution in [-0.2, 0) is 9.84 Å². The molecule has 0 spiro atoms. The van der Waals surface area contributed by atoms with Crippen LogP contribution in [0.3, 0.4) is 0 Å². The van der Waals surface area contributed by atoms with E-state index in [4.69, 9.17) is 11.6 Å². The van der Waals surface area contributed by atoms with Crippen LogP contribution in [0, 0.1) is 0 Å². The first kappa shape index (κ1) is 16.7. The second kappa shape index (κ2) is 7.09. The highest BCUT2D eigenvalue weighted by molar-refractivity contribution is 7.90. The average Bonchev–Trinajstić information content (AvgIpc) is 2.49. The zero-order valence-electron chi connectivity index (χ0n) is 12.3. The summed E-state index contributed by atoms with van der Waals surface area (Å²) in [7, 11) is -3.24. The van der Waals surface area contributed by atoms with Crippen LogP contribution in [0.15, 0.2) is 66.1 Å². The van der Waals surface area contributed by atoms with E-state index in [1.165, 1.54) is 6.26 Å². The second-order valence-electron chi connectivity index (χ2n) is 5.03. The first-order valence-electron chi connectivity index (χ1n) is 6.81. The maximum absolute atomic E-state index is 11.7. The summed E-state index contributed by atoms with van der Waals surface area (Å²) in [6.07, 6.45) is 2.98. The van der Waals surface area contributed by atoms with Gasteiger partial charge in [0.05, 0.1) is 10.9 Å². The number of hydrogen-bond donors (Lipinski definition) is 1. The van der Waals surface area contributed by atoms with Crippen molar-refractivity contribution in [3.05, 3.63) is 77.3 Å². The Morgan fingerprint density at radius 3 is 2.45 bits per heavy atom. The third-order valence-corrected chi connectivity index (χ3v) is 4.65. The molecule has 0 aliphatic heterocycles. The molecular weight excluding hydrogens is 318 g/mol. The van der Waals surface area contributed by atoms with E-state index in [2.05, 4.69) is 11.9 Å². The summed E-state index contributed by atoms with van der Waals surface area (Å²) < 4.78 is 23.5. The fourth-order valence-electron chi connectivity index (χ4n) is 2.21. The van der Waals surface area contributed by atoms with Crippen molar-refractivity contribution in [2.75, 3.05) is 12.8 Å². The van der Waals surface area contributed by atoms with Gasteiger partial charge in [-0.2, -0.15) is 0 Å². The van der Waals surface area contributed by atoms with Crippen molar-refractivity contribution >= 4 is 21.4 Å². The lowest BCUT2D eigenvalue weighted by Gasteiger charge is -2.20. The van der Waals surface area contributed by atoms with E-state index in [1.54, 1.807) is 24.3 Å². The van der Waals surface area contributed by atoms with Gasteiger partial charge in [-0.3, -0.25) is 0 Å². The summed E-state index contributed by atoms with van der Waals surface area (Å²) in [6, 6.07) is 14.3. The molecule has 0 bridgehead atoms.